The number of methoxy groups -OCH3 is 3. The van der Waals surface area contributed by atoms with E-state index < -0.39 is 5.91 Å². The van der Waals surface area contributed by atoms with Crippen molar-refractivity contribution in [3.05, 3.63) is 53.7 Å². The Morgan fingerprint density at radius 3 is 2.24 bits per heavy atom. The number of nitrogens with zero attached hydrogens (tertiary/aromatic N) is 1. The van der Waals surface area contributed by atoms with Crippen molar-refractivity contribution in [1.82, 2.24) is 4.90 Å². The summed E-state index contributed by atoms with van der Waals surface area (Å²) >= 11 is 0. The van der Waals surface area contributed by atoms with Gasteiger partial charge < -0.3 is 24.3 Å². The van der Waals surface area contributed by atoms with Crippen LogP contribution < -0.4 is 19.5 Å². The van der Waals surface area contributed by atoms with E-state index in [9.17, 15) is 9.59 Å². The Morgan fingerprint density at radius 2 is 1.61 bits per heavy atom. The van der Waals surface area contributed by atoms with Crippen molar-refractivity contribution in [2.45, 2.75) is 19.8 Å². The third-order valence-corrected chi connectivity index (χ3v) is 5.18. The molecule has 1 heterocycles. The minimum atomic E-state index is -0.401. The van der Waals surface area contributed by atoms with Crippen molar-refractivity contribution >= 4 is 23.1 Å². The molecular formula is C25H30N2O6. The number of ether oxygens (including phenoxy) is 4. The standard InChI is InChI=1S/C25H30N2O6/c1-5-14-33-18-9-7-17(8-10-18)22-23(25(29)27(24(22)28)13-6-15-30-2)26-20-16-19(31-3)11-12-21(20)32-4/h7-12,16,26H,5-6,13-15H2,1-4H3. The maximum atomic E-state index is 13.3. The molecule has 0 bridgehead atoms. The molecule has 1 aliphatic rings. The van der Waals surface area contributed by atoms with Crippen LogP contribution in [0.4, 0.5) is 5.69 Å². The fourth-order valence-electron chi connectivity index (χ4n) is 3.51. The van der Waals surface area contributed by atoms with Crippen molar-refractivity contribution in [1.29, 1.82) is 0 Å². The van der Waals surface area contributed by atoms with Gasteiger partial charge in [-0.1, -0.05) is 19.1 Å². The normalized spacial score (nSPS) is 13.5. The monoisotopic (exact) mass is 454 g/mol. The highest BCUT2D eigenvalue weighted by Gasteiger charge is 2.39. The lowest BCUT2D eigenvalue weighted by Gasteiger charge is -2.16. The van der Waals surface area contributed by atoms with E-state index in [1.165, 1.54) is 12.0 Å². The van der Waals surface area contributed by atoms with Gasteiger partial charge >= 0.3 is 0 Å². The Labute approximate surface area is 194 Å². The van der Waals surface area contributed by atoms with Crippen molar-refractivity contribution in [3.63, 3.8) is 0 Å². The van der Waals surface area contributed by atoms with E-state index >= 15 is 0 Å². The molecule has 1 N–H and O–H groups in total. The highest BCUT2D eigenvalue weighted by molar-refractivity contribution is 6.36. The van der Waals surface area contributed by atoms with Crippen molar-refractivity contribution in [2.75, 3.05) is 46.4 Å². The summed E-state index contributed by atoms with van der Waals surface area (Å²) in [6.07, 6.45) is 1.44. The lowest BCUT2D eigenvalue weighted by atomic mass is 10.0. The van der Waals surface area contributed by atoms with Crippen molar-refractivity contribution in [2.24, 2.45) is 0 Å². The topological polar surface area (TPSA) is 86.3 Å². The Morgan fingerprint density at radius 1 is 0.879 bits per heavy atom. The quantitative estimate of drug-likeness (QED) is 0.386. The Kier molecular flexibility index (Phi) is 8.32. The van der Waals surface area contributed by atoms with Crippen LogP contribution >= 0.6 is 0 Å². The van der Waals surface area contributed by atoms with Gasteiger partial charge in [0.1, 0.15) is 22.9 Å². The lowest BCUT2D eigenvalue weighted by Crippen LogP contribution is -2.33. The number of rotatable bonds is 12. The summed E-state index contributed by atoms with van der Waals surface area (Å²) < 4.78 is 21.5. The first-order valence-electron chi connectivity index (χ1n) is 10.9. The summed E-state index contributed by atoms with van der Waals surface area (Å²) in [5, 5.41) is 3.13. The highest BCUT2D eigenvalue weighted by atomic mass is 16.5. The molecule has 0 spiro atoms. The first-order valence-corrected chi connectivity index (χ1v) is 10.9. The van der Waals surface area contributed by atoms with Gasteiger partial charge in [-0.05, 0) is 42.7 Å². The predicted octanol–water partition coefficient (Wildman–Crippen LogP) is 3.72. The molecule has 2 aromatic rings. The second-order valence-electron chi connectivity index (χ2n) is 7.42. The van der Waals surface area contributed by atoms with Gasteiger partial charge in [-0.25, -0.2) is 0 Å². The minimum absolute atomic E-state index is 0.186. The van der Waals surface area contributed by atoms with E-state index in [1.54, 1.807) is 56.7 Å². The van der Waals surface area contributed by atoms with Crippen LogP contribution in [0.15, 0.2) is 48.2 Å². The summed E-state index contributed by atoms with van der Waals surface area (Å²) in [7, 11) is 4.68. The fourth-order valence-corrected chi connectivity index (χ4v) is 3.51. The predicted molar refractivity (Wildman–Crippen MR) is 126 cm³/mol. The van der Waals surface area contributed by atoms with Gasteiger partial charge in [0.25, 0.3) is 11.8 Å². The molecule has 0 saturated carbocycles. The molecule has 0 aliphatic carbocycles. The second kappa shape index (κ2) is 11.4. The van der Waals surface area contributed by atoms with Gasteiger partial charge in [0.05, 0.1) is 32.1 Å². The van der Waals surface area contributed by atoms with E-state index in [0.29, 0.717) is 53.7 Å². The van der Waals surface area contributed by atoms with E-state index in [1.807, 2.05) is 6.92 Å². The molecule has 8 nitrogen and oxygen atoms in total. The molecule has 1 aliphatic heterocycles. The van der Waals surface area contributed by atoms with Crippen LogP contribution in [0.5, 0.6) is 17.2 Å². The van der Waals surface area contributed by atoms with Gasteiger partial charge in [-0.3, -0.25) is 14.5 Å². The van der Waals surface area contributed by atoms with Crippen molar-refractivity contribution in [3.8, 4) is 17.2 Å². The van der Waals surface area contributed by atoms with Crippen LogP contribution in [0, 0.1) is 0 Å². The second-order valence-corrected chi connectivity index (χ2v) is 7.42. The highest BCUT2D eigenvalue weighted by Crippen LogP contribution is 2.35. The molecule has 0 radical (unpaired) electrons. The summed E-state index contributed by atoms with van der Waals surface area (Å²) in [5.41, 5.74) is 1.62. The third-order valence-electron chi connectivity index (χ3n) is 5.18. The third kappa shape index (κ3) is 5.46. The number of carbonyl (C=O) groups is 2. The average Bonchev–Trinajstić information content (AvgIpc) is 3.07. The molecule has 0 saturated heterocycles. The van der Waals surface area contributed by atoms with Crippen LogP contribution in [0.1, 0.15) is 25.3 Å². The molecule has 0 atom stereocenters. The molecule has 2 aromatic carbocycles. The molecule has 0 fully saturated rings. The Bertz CT molecular complexity index is 1020. The fraction of sp³-hybridized carbons (Fsp3) is 0.360. The van der Waals surface area contributed by atoms with Crippen molar-refractivity contribution < 1.29 is 28.5 Å². The maximum Gasteiger partial charge on any atom is 0.278 e. The smallest absolute Gasteiger partial charge is 0.278 e. The number of imide groups is 1. The first-order chi connectivity index (χ1) is 16.0. The summed E-state index contributed by atoms with van der Waals surface area (Å²) in [5.74, 6) is 1.06. The Balaban J connectivity index is 2.01. The molecule has 0 unspecified atom stereocenters. The van der Waals surface area contributed by atoms with Crippen LogP contribution in [0.2, 0.25) is 0 Å². The number of nitrogens with one attached hydrogen (secondary N) is 1. The maximum absolute atomic E-state index is 13.3. The zero-order valence-corrected chi connectivity index (χ0v) is 19.5. The average molecular weight is 455 g/mol. The number of hydrogen-bond acceptors (Lipinski definition) is 7. The van der Waals surface area contributed by atoms with Gasteiger partial charge in [0, 0.05) is 26.3 Å². The Hall–Kier alpha value is -3.52. The van der Waals surface area contributed by atoms with E-state index in [-0.39, 0.29) is 18.1 Å². The first kappa shape index (κ1) is 24.1. The SMILES string of the molecule is CCCOc1ccc(C2=C(Nc3cc(OC)ccc3OC)C(=O)N(CCCOC)C2=O)cc1. The van der Waals surface area contributed by atoms with Gasteiger partial charge in [-0.15, -0.1) is 0 Å². The summed E-state index contributed by atoms with van der Waals surface area (Å²) in [6.45, 7) is 3.34. The molecule has 0 aromatic heterocycles. The van der Waals surface area contributed by atoms with Crippen LogP contribution in [0.25, 0.3) is 5.57 Å². The molecule has 176 valence electrons. The number of amides is 2. The lowest BCUT2D eigenvalue weighted by molar-refractivity contribution is -0.136. The van der Waals surface area contributed by atoms with Gasteiger partial charge in [0.2, 0.25) is 0 Å². The van der Waals surface area contributed by atoms with Crippen LogP contribution in [-0.4, -0.2) is 57.8 Å². The molecule has 33 heavy (non-hydrogen) atoms. The zero-order valence-electron chi connectivity index (χ0n) is 19.5. The minimum Gasteiger partial charge on any atom is -0.497 e. The number of benzene rings is 2. The molecule has 8 heteroatoms. The molecule has 2 amide bonds. The van der Waals surface area contributed by atoms with E-state index in [0.717, 1.165) is 6.42 Å². The number of hydrogen-bond donors (Lipinski definition) is 1. The zero-order chi connectivity index (χ0) is 23.8. The number of carbonyl (C=O) groups excluding carboxylic acids is 2. The number of anilines is 1. The largest absolute Gasteiger partial charge is 0.497 e. The van der Waals surface area contributed by atoms with Crippen LogP contribution in [0.3, 0.4) is 0 Å². The van der Waals surface area contributed by atoms with E-state index in [4.69, 9.17) is 18.9 Å². The van der Waals surface area contributed by atoms with Crippen LogP contribution in [-0.2, 0) is 14.3 Å². The van der Waals surface area contributed by atoms with Gasteiger partial charge in [0.15, 0.2) is 0 Å². The molecular weight excluding hydrogens is 424 g/mol. The summed E-state index contributed by atoms with van der Waals surface area (Å²) in [6, 6.07) is 12.4. The molecule has 3 rings (SSSR count). The summed E-state index contributed by atoms with van der Waals surface area (Å²) in [4.78, 5) is 27.9. The van der Waals surface area contributed by atoms with Gasteiger partial charge in [-0.2, -0.15) is 0 Å². The van der Waals surface area contributed by atoms with E-state index in [2.05, 4.69) is 5.32 Å².